The van der Waals surface area contributed by atoms with Crippen LogP contribution in [0, 0.1) is 13.8 Å². The van der Waals surface area contributed by atoms with Gasteiger partial charge < -0.3 is 14.4 Å². The average Bonchev–Trinajstić information content (AvgIpc) is 3.27. The fourth-order valence-electron chi connectivity index (χ4n) is 4.32. The first kappa shape index (κ1) is 16.1. The van der Waals surface area contributed by atoms with E-state index in [-0.39, 0.29) is 11.5 Å². The molecule has 2 saturated heterocycles. The molecule has 0 bridgehead atoms. The van der Waals surface area contributed by atoms with E-state index in [1.165, 1.54) is 16.7 Å². The number of benzene rings is 1. The van der Waals surface area contributed by atoms with Crippen LogP contribution in [0.3, 0.4) is 0 Å². The number of piperidine rings is 1. The summed E-state index contributed by atoms with van der Waals surface area (Å²) in [5, 5.41) is 0. The zero-order chi connectivity index (χ0) is 16.9. The second-order valence-electron chi connectivity index (χ2n) is 7.90. The number of likely N-dealkylation sites (tertiary alicyclic amines) is 1. The smallest absolute Gasteiger partial charge is 0.233 e. The van der Waals surface area contributed by atoms with Crippen LogP contribution in [0.15, 0.2) is 18.2 Å². The van der Waals surface area contributed by atoms with Gasteiger partial charge in [0.2, 0.25) is 5.91 Å². The van der Waals surface area contributed by atoms with Gasteiger partial charge >= 0.3 is 0 Å². The molecule has 1 aromatic carbocycles. The van der Waals surface area contributed by atoms with Crippen molar-refractivity contribution in [1.82, 2.24) is 4.90 Å². The first-order valence-corrected chi connectivity index (χ1v) is 9.12. The maximum absolute atomic E-state index is 13.2. The predicted molar refractivity (Wildman–Crippen MR) is 91.9 cm³/mol. The highest BCUT2D eigenvalue weighted by Gasteiger charge is 2.54. The van der Waals surface area contributed by atoms with E-state index in [0.717, 1.165) is 38.8 Å². The van der Waals surface area contributed by atoms with Crippen LogP contribution in [0.1, 0.15) is 49.3 Å². The van der Waals surface area contributed by atoms with Crippen molar-refractivity contribution in [3.05, 3.63) is 34.9 Å². The molecule has 3 fully saturated rings. The van der Waals surface area contributed by atoms with Crippen molar-refractivity contribution in [3.8, 4) is 0 Å². The van der Waals surface area contributed by atoms with Gasteiger partial charge in [-0.1, -0.05) is 29.3 Å². The van der Waals surface area contributed by atoms with E-state index in [0.29, 0.717) is 12.5 Å². The van der Waals surface area contributed by atoms with Gasteiger partial charge in [0.15, 0.2) is 5.79 Å². The van der Waals surface area contributed by atoms with Crippen LogP contribution in [-0.2, 0) is 19.7 Å². The van der Waals surface area contributed by atoms with Gasteiger partial charge in [0.25, 0.3) is 0 Å². The average molecular weight is 329 g/mol. The van der Waals surface area contributed by atoms with Gasteiger partial charge in [0.1, 0.15) is 0 Å². The molecule has 0 N–H and O–H groups in total. The van der Waals surface area contributed by atoms with Gasteiger partial charge in [-0.2, -0.15) is 0 Å². The number of amides is 1. The summed E-state index contributed by atoms with van der Waals surface area (Å²) in [4.78, 5) is 15.3. The number of hydrogen-bond acceptors (Lipinski definition) is 3. The Balaban J connectivity index is 1.48. The summed E-state index contributed by atoms with van der Waals surface area (Å²) in [6, 6.07) is 6.55. The molecule has 4 nitrogen and oxygen atoms in total. The number of hydrogen-bond donors (Lipinski definition) is 0. The molecule has 3 aliphatic rings. The maximum atomic E-state index is 13.2. The summed E-state index contributed by atoms with van der Waals surface area (Å²) in [5.41, 5.74) is 3.41. The fourth-order valence-corrected chi connectivity index (χ4v) is 4.32. The monoisotopic (exact) mass is 329 g/mol. The zero-order valence-electron chi connectivity index (χ0n) is 14.9. The molecule has 2 heterocycles. The SMILES string of the molecule is Cc1cc(C)cc(C2(C(=O)N3CCC4(CC3)OC[C@H](C)O4)CC2)c1. The molecule has 1 spiro atoms. The van der Waals surface area contributed by atoms with Crippen LogP contribution >= 0.6 is 0 Å². The maximum Gasteiger partial charge on any atom is 0.233 e. The molecular formula is C20H27NO3. The third-order valence-corrected chi connectivity index (χ3v) is 5.74. The lowest BCUT2D eigenvalue weighted by Crippen LogP contribution is -2.50. The van der Waals surface area contributed by atoms with E-state index in [1.807, 2.05) is 11.8 Å². The second-order valence-corrected chi connectivity index (χ2v) is 7.90. The highest BCUT2D eigenvalue weighted by molar-refractivity contribution is 5.91. The lowest BCUT2D eigenvalue weighted by molar-refractivity contribution is -0.195. The third-order valence-electron chi connectivity index (χ3n) is 5.74. The summed E-state index contributed by atoms with van der Waals surface area (Å²) in [6.45, 7) is 8.40. The largest absolute Gasteiger partial charge is 0.347 e. The Kier molecular flexibility index (Phi) is 3.73. The number of nitrogens with zero attached hydrogens (tertiary/aromatic N) is 1. The molecule has 4 heteroatoms. The molecule has 1 amide bonds. The van der Waals surface area contributed by atoms with Crippen molar-refractivity contribution in [2.45, 2.75) is 63.8 Å². The van der Waals surface area contributed by atoms with Crippen LogP contribution in [0.2, 0.25) is 0 Å². The second kappa shape index (κ2) is 5.57. The summed E-state index contributed by atoms with van der Waals surface area (Å²) in [7, 11) is 0. The van der Waals surface area contributed by atoms with Gasteiger partial charge in [-0.05, 0) is 39.2 Å². The minimum absolute atomic E-state index is 0.164. The van der Waals surface area contributed by atoms with Crippen LogP contribution < -0.4 is 0 Å². The molecule has 1 saturated carbocycles. The van der Waals surface area contributed by atoms with Crippen molar-refractivity contribution in [1.29, 1.82) is 0 Å². The van der Waals surface area contributed by atoms with Gasteiger partial charge in [0, 0.05) is 25.9 Å². The number of carbonyl (C=O) groups excluding carboxylic acids is 1. The minimum Gasteiger partial charge on any atom is -0.347 e. The molecular weight excluding hydrogens is 302 g/mol. The molecule has 1 aliphatic carbocycles. The molecule has 130 valence electrons. The Labute approximate surface area is 144 Å². The topological polar surface area (TPSA) is 38.8 Å². The molecule has 0 unspecified atom stereocenters. The van der Waals surface area contributed by atoms with E-state index in [4.69, 9.17) is 9.47 Å². The summed E-state index contributed by atoms with van der Waals surface area (Å²) >= 11 is 0. The third kappa shape index (κ3) is 2.66. The van der Waals surface area contributed by atoms with Crippen LogP contribution in [0.4, 0.5) is 0 Å². The molecule has 0 radical (unpaired) electrons. The van der Waals surface area contributed by atoms with E-state index in [9.17, 15) is 4.79 Å². The van der Waals surface area contributed by atoms with Crippen LogP contribution in [0.5, 0.6) is 0 Å². The Hall–Kier alpha value is -1.39. The van der Waals surface area contributed by atoms with Gasteiger partial charge in [-0.25, -0.2) is 0 Å². The Bertz CT molecular complexity index is 637. The van der Waals surface area contributed by atoms with Gasteiger partial charge in [0.05, 0.1) is 18.1 Å². The molecule has 4 rings (SSSR count). The quantitative estimate of drug-likeness (QED) is 0.837. The lowest BCUT2D eigenvalue weighted by atomic mass is 9.90. The van der Waals surface area contributed by atoms with E-state index < -0.39 is 5.79 Å². The van der Waals surface area contributed by atoms with Gasteiger partial charge in [-0.3, -0.25) is 4.79 Å². The van der Waals surface area contributed by atoms with Crippen molar-refractivity contribution >= 4 is 5.91 Å². The summed E-state index contributed by atoms with van der Waals surface area (Å²) < 4.78 is 11.9. The number of aryl methyl sites for hydroxylation is 2. The van der Waals surface area contributed by atoms with E-state index in [2.05, 4.69) is 32.0 Å². The molecule has 1 aromatic rings. The van der Waals surface area contributed by atoms with Crippen molar-refractivity contribution in [2.24, 2.45) is 0 Å². The van der Waals surface area contributed by atoms with E-state index in [1.54, 1.807) is 0 Å². The van der Waals surface area contributed by atoms with Crippen molar-refractivity contribution < 1.29 is 14.3 Å². The van der Waals surface area contributed by atoms with Crippen molar-refractivity contribution in [2.75, 3.05) is 19.7 Å². The fraction of sp³-hybridized carbons (Fsp3) is 0.650. The minimum atomic E-state index is -0.438. The molecule has 1 atom stereocenters. The number of rotatable bonds is 2. The lowest BCUT2D eigenvalue weighted by Gasteiger charge is -2.39. The van der Waals surface area contributed by atoms with Crippen molar-refractivity contribution in [3.63, 3.8) is 0 Å². The highest BCUT2D eigenvalue weighted by Crippen LogP contribution is 2.50. The standard InChI is InChI=1S/C20H27NO3/c1-14-10-15(2)12-17(11-14)19(4-5-19)18(22)21-8-6-20(7-9-21)23-13-16(3)24-20/h10-12,16H,4-9,13H2,1-3H3/t16-/m0/s1. The normalized spacial score (nSPS) is 27.5. The number of ether oxygens (including phenoxy) is 2. The Morgan fingerprint density at radius 3 is 2.21 bits per heavy atom. The van der Waals surface area contributed by atoms with E-state index >= 15 is 0 Å². The van der Waals surface area contributed by atoms with Crippen LogP contribution in [-0.4, -0.2) is 42.4 Å². The van der Waals surface area contributed by atoms with Crippen LogP contribution in [0.25, 0.3) is 0 Å². The van der Waals surface area contributed by atoms with Gasteiger partial charge in [-0.15, -0.1) is 0 Å². The molecule has 0 aromatic heterocycles. The first-order valence-electron chi connectivity index (χ1n) is 9.12. The molecule has 24 heavy (non-hydrogen) atoms. The molecule has 2 aliphatic heterocycles. The zero-order valence-corrected chi connectivity index (χ0v) is 14.9. The summed E-state index contributed by atoms with van der Waals surface area (Å²) in [6.07, 6.45) is 3.68. The number of carbonyl (C=O) groups is 1. The predicted octanol–water partition coefficient (Wildman–Crippen LogP) is 3.09. The Morgan fingerprint density at radius 1 is 1.08 bits per heavy atom. The first-order chi connectivity index (χ1) is 11.4. The summed E-state index contributed by atoms with van der Waals surface area (Å²) in [5.74, 6) is -0.138. The Morgan fingerprint density at radius 2 is 1.71 bits per heavy atom. The highest BCUT2D eigenvalue weighted by atomic mass is 16.7.